The fourth-order valence-corrected chi connectivity index (χ4v) is 3.02. The number of hydrogen-bond acceptors (Lipinski definition) is 2. The predicted octanol–water partition coefficient (Wildman–Crippen LogP) is 3.46. The van der Waals surface area contributed by atoms with E-state index in [1.807, 2.05) is 0 Å². The van der Waals surface area contributed by atoms with Crippen molar-refractivity contribution in [3.8, 4) is 0 Å². The lowest BCUT2D eigenvalue weighted by Crippen LogP contribution is -2.35. The van der Waals surface area contributed by atoms with Crippen LogP contribution in [0, 0.1) is 30.3 Å². The van der Waals surface area contributed by atoms with Gasteiger partial charge in [-0.3, -0.25) is 4.79 Å². The molecule has 3 unspecified atom stereocenters. The summed E-state index contributed by atoms with van der Waals surface area (Å²) < 4.78 is 40.5. The second-order valence-electron chi connectivity index (χ2n) is 6.38. The van der Waals surface area contributed by atoms with Crippen molar-refractivity contribution < 1.29 is 27.9 Å². The van der Waals surface area contributed by atoms with Gasteiger partial charge in [0.15, 0.2) is 17.7 Å². The lowest BCUT2D eigenvalue weighted by molar-refractivity contribution is -0.142. The van der Waals surface area contributed by atoms with Gasteiger partial charge >= 0.3 is 5.97 Å². The van der Waals surface area contributed by atoms with E-state index in [2.05, 4.69) is 5.32 Å². The summed E-state index contributed by atoms with van der Waals surface area (Å²) in [5.41, 5.74) is 0.600. The minimum absolute atomic E-state index is 0.106. The summed E-state index contributed by atoms with van der Waals surface area (Å²) in [5, 5.41) is 11.8. The molecule has 0 radical (unpaired) electrons. The van der Waals surface area contributed by atoms with Crippen LogP contribution in [0.4, 0.5) is 13.2 Å². The molecule has 0 aliphatic heterocycles. The van der Waals surface area contributed by atoms with Crippen LogP contribution < -0.4 is 5.32 Å². The summed E-state index contributed by atoms with van der Waals surface area (Å²) in [6.45, 7) is 1.49. The van der Waals surface area contributed by atoms with E-state index in [9.17, 15) is 27.9 Å². The molecule has 0 saturated heterocycles. The molecule has 7 heteroatoms. The standard InChI is InChI=1S/C19H16F3NO3/c1-9-7-10(5-6-14(9)20)17(19(25)26)23-18(24)13-8-12(13)11-3-2-4-15(21)16(11)22/h2-7,12-13,17H,8H2,1H3,(H,23,24)(H,25,26). The van der Waals surface area contributed by atoms with Gasteiger partial charge in [-0.1, -0.05) is 24.3 Å². The maximum Gasteiger partial charge on any atom is 0.330 e. The van der Waals surface area contributed by atoms with E-state index >= 15 is 0 Å². The highest BCUT2D eigenvalue weighted by Crippen LogP contribution is 2.48. The van der Waals surface area contributed by atoms with Crippen molar-refractivity contribution in [2.45, 2.75) is 25.3 Å². The van der Waals surface area contributed by atoms with Crippen LogP contribution in [0.1, 0.15) is 35.1 Å². The van der Waals surface area contributed by atoms with E-state index < -0.39 is 47.2 Å². The van der Waals surface area contributed by atoms with Crippen LogP contribution >= 0.6 is 0 Å². The van der Waals surface area contributed by atoms with Crippen molar-refractivity contribution in [2.75, 3.05) is 0 Å². The third kappa shape index (κ3) is 3.42. The molecule has 0 aromatic heterocycles. The molecule has 1 amide bonds. The number of aliphatic carboxylic acids is 1. The number of carboxylic acid groups (broad SMARTS) is 1. The van der Waals surface area contributed by atoms with E-state index in [0.29, 0.717) is 6.42 Å². The molecule has 136 valence electrons. The van der Waals surface area contributed by atoms with Crippen LogP contribution in [-0.2, 0) is 9.59 Å². The number of hydrogen-bond donors (Lipinski definition) is 2. The fourth-order valence-electron chi connectivity index (χ4n) is 3.02. The van der Waals surface area contributed by atoms with Gasteiger partial charge < -0.3 is 10.4 Å². The number of benzene rings is 2. The first-order valence-electron chi connectivity index (χ1n) is 8.02. The highest BCUT2D eigenvalue weighted by molar-refractivity contribution is 5.88. The molecule has 1 saturated carbocycles. The highest BCUT2D eigenvalue weighted by Gasteiger charge is 2.46. The van der Waals surface area contributed by atoms with Gasteiger partial charge in [-0.2, -0.15) is 0 Å². The van der Waals surface area contributed by atoms with Gasteiger partial charge in [0.25, 0.3) is 0 Å². The lowest BCUT2D eigenvalue weighted by atomic mass is 10.0. The molecule has 26 heavy (non-hydrogen) atoms. The Labute approximate surface area is 147 Å². The average Bonchev–Trinajstić information content (AvgIpc) is 3.38. The Hall–Kier alpha value is -2.83. The number of carbonyl (C=O) groups excluding carboxylic acids is 1. The quantitative estimate of drug-likeness (QED) is 0.855. The molecule has 1 fully saturated rings. The molecule has 2 N–H and O–H groups in total. The Balaban J connectivity index is 1.75. The van der Waals surface area contributed by atoms with Crippen molar-refractivity contribution in [1.29, 1.82) is 0 Å². The van der Waals surface area contributed by atoms with Crippen LogP contribution in [0.3, 0.4) is 0 Å². The number of rotatable bonds is 5. The van der Waals surface area contributed by atoms with Gasteiger partial charge in [0.1, 0.15) is 5.82 Å². The topological polar surface area (TPSA) is 66.4 Å². The SMILES string of the molecule is Cc1cc(C(NC(=O)C2CC2c2cccc(F)c2F)C(=O)O)ccc1F. The first-order chi connectivity index (χ1) is 12.3. The predicted molar refractivity (Wildman–Crippen MR) is 86.9 cm³/mol. The number of amides is 1. The van der Waals surface area contributed by atoms with Crippen LogP contribution in [0.2, 0.25) is 0 Å². The molecule has 2 aromatic carbocycles. The molecular formula is C19H16F3NO3. The molecule has 3 rings (SSSR count). The first kappa shape index (κ1) is 18.0. The molecular weight excluding hydrogens is 347 g/mol. The second kappa shape index (κ2) is 6.82. The minimum atomic E-state index is -1.35. The summed E-state index contributed by atoms with van der Waals surface area (Å²) in [5.74, 6) is -5.43. The summed E-state index contributed by atoms with van der Waals surface area (Å²) in [7, 11) is 0. The van der Waals surface area contributed by atoms with Crippen molar-refractivity contribution in [3.05, 3.63) is 70.5 Å². The summed E-state index contributed by atoms with van der Waals surface area (Å²) in [6.07, 6.45) is 0.307. The van der Waals surface area contributed by atoms with E-state index in [4.69, 9.17) is 0 Å². The normalized spacial score (nSPS) is 19.7. The largest absolute Gasteiger partial charge is 0.479 e. The van der Waals surface area contributed by atoms with Gasteiger partial charge in [0.2, 0.25) is 5.91 Å². The number of nitrogens with one attached hydrogen (secondary N) is 1. The summed E-state index contributed by atoms with van der Waals surface area (Å²) in [6, 6.07) is 6.20. The van der Waals surface area contributed by atoms with Gasteiger partial charge in [0.05, 0.1) is 0 Å². The molecule has 2 aromatic rings. The fraction of sp³-hybridized carbons (Fsp3) is 0.263. The van der Waals surface area contributed by atoms with Crippen molar-refractivity contribution >= 4 is 11.9 Å². The first-order valence-corrected chi connectivity index (χ1v) is 8.02. The molecule has 0 heterocycles. The zero-order chi connectivity index (χ0) is 19.0. The molecule has 0 spiro atoms. The number of carbonyl (C=O) groups is 2. The maximum atomic E-state index is 13.8. The third-order valence-electron chi connectivity index (χ3n) is 4.56. The Morgan fingerprint density at radius 3 is 2.54 bits per heavy atom. The Kier molecular flexibility index (Phi) is 4.71. The van der Waals surface area contributed by atoms with Crippen molar-refractivity contribution in [1.82, 2.24) is 5.32 Å². The Morgan fingerprint density at radius 1 is 1.15 bits per heavy atom. The molecule has 4 nitrogen and oxygen atoms in total. The number of carboxylic acids is 1. The van der Waals surface area contributed by atoms with Crippen molar-refractivity contribution in [3.63, 3.8) is 0 Å². The third-order valence-corrected chi connectivity index (χ3v) is 4.56. The van der Waals surface area contributed by atoms with Gasteiger partial charge in [-0.15, -0.1) is 0 Å². The Bertz CT molecular complexity index is 884. The maximum absolute atomic E-state index is 13.8. The lowest BCUT2D eigenvalue weighted by Gasteiger charge is -2.16. The van der Waals surface area contributed by atoms with Crippen LogP contribution in [0.15, 0.2) is 36.4 Å². The summed E-state index contributed by atoms with van der Waals surface area (Å²) >= 11 is 0. The van der Waals surface area contributed by atoms with E-state index in [1.165, 1.54) is 31.2 Å². The van der Waals surface area contributed by atoms with Crippen LogP contribution in [0.5, 0.6) is 0 Å². The van der Waals surface area contributed by atoms with Gasteiger partial charge in [0, 0.05) is 5.92 Å². The molecule has 0 bridgehead atoms. The van der Waals surface area contributed by atoms with Gasteiger partial charge in [-0.05, 0) is 48.1 Å². The van der Waals surface area contributed by atoms with Crippen LogP contribution in [0.25, 0.3) is 0 Å². The average molecular weight is 363 g/mol. The van der Waals surface area contributed by atoms with Crippen molar-refractivity contribution in [2.24, 2.45) is 5.92 Å². The van der Waals surface area contributed by atoms with E-state index in [-0.39, 0.29) is 16.7 Å². The molecule has 1 aliphatic rings. The van der Waals surface area contributed by atoms with Crippen LogP contribution in [-0.4, -0.2) is 17.0 Å². The molecule has 3 atom stereocenters. The second-order valence-corrected chi connectivity index (χ2v) is 6.38. The number of aryl methyl sites for hydroxylation is 1. The molecule has 1 aliphatic carbocycles. The Morgan fingerprint density at radius 2 is 1.88 bits per heavy atom. The van der Waals surface area contributed by atoms with E-state index in [1.54, 1.807) is 0 Å². The minimum Gasteiger partial charge on any atom is -0.479 e. The highest BCUT2D eigenvalue weighted by atomic mass is 19.2. The van der Waals surface area contributed by atoms with Gasteiger partial charge in [-0.25, -0.2) is 18.0 Å². The summed E-state index contributed by atoms with van der Waals surface area (Å²) in [4.78, 5) is 23.9. The monoisotopic (exact) mass is 363 g/mol. The smallest absolute Gasteiger partial charge is 0.330 e. The van der Waals surface area contributed by atoms with E-state index in [0.717, 1.165) is 12.1 Å². The zero-order valence-corrected chi connectivity index (χ0v) is 13.8. The zero-order valence-electron chi connectivity index (χ0n) is 13.8. The number of halogens is 3.